The lowest BCUT2D eigenvalue weighted by Gasteiger charge is -2.03. The predicted molar refractivity (Wildman–Crippen MR) is 77.9 cm³/mol. The summed E-state index contributed by atoms with van der Waals surface area (Å²) >= 11 is 0. The smallest absolute Gasteiger partial charge is 0.343 e. The molecule has 1 heterocycles. The van der Waals surface area contributed by atoms with Crippen molar-refractivity contribution in [3.05, 3.63) is 78.1 Å². The SMILES string of the molecule is O=C1/C=C\C=C/OC(=O)c2ccccc2/C=C\C=C/C1. The molecule has 0 fully saturated rings. The minimum Gasteiger partial charge on any atom is -0.431 e. The maximum absolute atomic E-state index is 11.9. The number of carbonyl (C=O) groups excluding carboxylic acids is 2. The second kappa shape index (κ2) is 7.04. The van der Waals surface area contributed by atoms with E-state index in [1.165, 1.54) is 18.4 Å². The zero-order valence-corrected chi connectivity index (χ0v) is 10.9. The van der Waals surface area contributed by atoms with Gasteiger partial charge < -0.3 is 4.74 Å². The van der Waals surface area contributed by atoms with Crippen molar-refractivity contribution >= 4 is 17.8 Å². The molecule has 0 unspecified atom stereocenters. The molecule has 1 aromatic rings. The van der Waals surface area contributed by atoms with Crippen molar-refractivity contribution in [2.45, 2.75) is 6.42 Å². The van der Waals surface area contributed by atoms with E-state index in [4.69, 9.17) is 4.74 Å². The van der Waals surface area contributed by atoms with Gasteiger partial charge in [-0.05, 0) is 23.8 Å². The lowest BCUT2D eigenvalue weighted by Crippen LogP contribution is -2.02. The number of ether oxygens (including phenoxy) is 1. The number of carbonyl (C=O) groups is 2. The van der Waals surface area contributed by atoms with Crippen LogP contribution < -0.4 is 0 Å². The summed E-state index contributed by atoms with van der Waals surface area (Å²) < 4.78 is 5.01. The molecule has 0 N–H and O–H groups in total. The Morgan fingerprint density at radius 2 is 1.70 bits per heavy atom. The quantitative estimate of drug-likeness (QED) is 0.675. The average Bonchev–Trinajstić information content (AvgIpc) is 2.46. The molecule has 3 nitrogen and oxygen atoms in total. The van der Waals surface area contributed by atoms with Crippen LogP contribution in [0.5, 0.6) is 0 Å². The van der Waals surface area contributed by atoms with Gasteiger partial charge >= 0.3 is 5.97 Å². The first kappa shape index (κ1) is 13.7. The summed E-state index contributed by atoms with van der Waals surface area (Å²) in [5.41, 5.74) is 1.27. The van der Waals surface area contributed by atoms with Crippen LogP contribution in [0.3, 0.4) is 0 Å². The van der Waals surface area contributed by atoms with Gasteiger partial charge in [-0.1, -0.05) is 48.6 Å². The highest BCUT2D eigenvalue weighted by molar-refractivity contribution is 5.94. The van der Waals surface area contributed by atoms with E-state index >= 15 is 0 Å². The summed E-state index contributed by atoms with van der Waals surface area (Å²) in [4.78, 5) is 23.3. The van der Waals surface area contributed by atoms with E-state index in [1.807, 2.05) is 18.2 Å². The lowest BCUT2D eigenvalue weighted by molar-refractivity contribution is -0.113. The van der Waals surface area contributed by atoms with Crippen LogP contribution in [0.25, 0.3) is 6.08 Å². The molecule has 1 aromatic carbocycles. The van der Waals surface area contributed by atoms with E-state index in [2.05, 4.69) is 0 Å². The van der Waals surface area contributed by atoms with Gasteiger partial charge in [-0.3, -0.25) is 4.79 Å². The molecule has 3 heteroatoms. The molecule has 0 atom stereocenters. The molecule has 2 rings (SSSR count). The van der Waals surface area contributed by atoms with Crippen molar-refractivity contribution in [2.75, 3.05) is 0 Å². The van der Waals surface area contributed by atoms with Gasteiger partial charge in [-0.2, -0.15) is 0 Å². The Hall–Kier alpha value is -2.68. The number of hydrogen-bond donors (Lipinski definition) is 0. The maximum atomic E-state index is 11.9. The highest BCUT2D eigenvalue weighted by atomic mass is 16.5. The number of esters is 1. The lowest BCUT2D eigenvalue weighted by atomic mass is 10.1. The van der Waals surface area contributed by atoms with Crippen molar-refractivity contribution in [2.24, 2.45) is 0 Å². The van der Waals surface area contributed by atoms with Crippen LogP contribution in [0.1, 0.15) is 22.3 Å². The van der Waals surface area contributed by atoms with E-state index in [0.29, 0.717) is 12.0 Å². The van der Waals surface area contributed by atoms with Crippen molar-refractivity contribution in [3.63, 3.8) is 0 Å². The van der Waals surface area contributed by atoms with Crippen molar-refractivity contribution in [1.29, 1.82) is 0 Å². The fourth-order valence-electron chi connectivity index (χ4n) is 1.69. The Bertz CT molecular complexity index is 619. The summed E-state index contributed by atoms with van der Waals surface area (Å²) in [5, 5.41) is 0. The number of hydrogen-bond acceptors (Lipinski definition) is 3. The number of allylic oxidation sites excluding steroid dienone is 6. The Labute approximate surface area is 117 Å². The number of cyclic esters (lactones) is 1. The molecular formula is C17H14O3. The van der Waals surface area contributed by atoms with Gasteiger partial charge in [-0.15, -0.1) is 0 Å². The van der Waals surface area contributed by atoms with Crippen LogP contribution in [0.2, 0.25) is 0 Å². The first-order chi connectivity index (χ1) is 9.77. The topological polar surface area (TPSA) is 43.4 Å². The summed E-state index contributed by atoms with van der Waals surface area (Å²) in [5.74, 6) is -0.439. The third-order valence-corrected chi connectivity index (χ3v) is 2.67. The molecule has 0 saturated carbocycles. The maximum Gasteiger partial charge on any atom is 0.343 e. The molecular weight excluding hydrogens is 252 g/mol. The second-order valence-corrected chi connectivity index (χ2v) is 4.14. The molecule has 0 aromatic heterocycles. The van der Waals surface area contributed by atoms with Gasteiger partial charge in [0.1, 0.15) is 0 Å². The highest BCUT2D eigenvalue weighted by Gasteiger charge is 2.09. The van der Waals surface area contributed by atoms with E-state index in [1.54, 1.807) is 36.4 Å². The number of ketones is 1. The Kier molecular flexibility index (Phi) is 4.84. The molecule has 1 aliphatic heterocycles. The monoisotopic (exact) mass is 266 g/mol. The summed E-state index contributed by atoms with van der Waals surface area (Å²) in [7, 11) is 0. The molecule has 0 spiro atoms. The summed E-state index contributed by atoms with van der Waals surface area (Å²) in [6.45, 7) is 0. The summed E-state index contributed by atoms with van der Waals surface area (Å²) in [6, 6.07) is 7.19. The standard InChI is InChI=1S/C17H14O3/c18-15-10-3-1-2-8-14-9-4-5-12-16(14)17(19)20-13-7-6-11-15/h1-9,11-13H,10H2/b3-1-,8-2-,11-6-,13-7-. The van der Waals surface area contributed by atoms with Gasteiger partial charge in [0, 0.05) is 6.42 Å². The zero-order valence-electron chi connectivity index (χ0n) is 10.9. The third kappa shape index (κ3) is 3.92. The Balaban J connectivity index is 2.32. The van der Waals surface area contributed by atoms with Crippen molar-refractivity contribution in [1.82, 2.24) is 0 Å². The molecule has 20 heavy (non-hydrogen) atoms. The number of fused-ring (bicyclic) bond motifs is 1. The molecule has 0 bridgehead atoms. The first-order valence-electron chi connectivity index (χ1n) is 6.26. The zero-order chi connectivity index (χ0) is 14.2. The number of benzene rings is 1. The van der Waals surface area contributed by atoms with Crippen LogP contribution in [-0.2, 0) is 9.53 Å². The minimum absolute atomic E-state index is 0.0110. The normalized spacial score (nSPS) is 22.0. The van der Waals surface area contributed by atoms with Crippen LogP contribution in [0.15, 0.2) is 67.0 Å². The highest BCUT2D eigenvalue weighted by Crippen LogP contribution is 2.12. The van der Waals surface area contributed by atoms with E-state index < -0.39 is 5.97 Å². The largest absolute Gasteiger partial charge is 0.431 e. The summed E-state index contributed by atoms with van der Waals surface area (Å²) in [6.07, 6.45) is 13.3. The van der Waals surface area contributed by atoms with Gasteiger partial charge in [0.05, 0.1) is 11.8 Å². The van der Waals surface area contributed by atoms with Gasteiger partial charge in [0.2, 0.25) is 0 Å². The van der Waals surface area contributed by atoms with Crippen molar-refractivity contribution in [3.8, 4) is 0 Å². The van der Waals surface area contributed by atoms with E-state index in [0.717, 1.165) is 5.56 Å². The minimum atomic E-state index is -0.428. The van der Waals surface area contributed by atoms with Gasteiger partial charge in [0.15, 0.2) is 5.78 Å². The average molecular weight is 266 g/mol. The molecule has 0 aliphatic carbocycles. The second-order valence-electron chi connectivity index (χ2n) is 4.14. The predicted octanol–water partition coefficient (Wildman–Crippen LogP) is 3.46. The van der Waals surface area contributed by atoms with Crippen LogP contribution in [-0.4, -0.2) is 11.8 Å². The van der Waals surface area contributed by atoms with Crippen molar-refractivity contribution < 1.29 is 14.3 Å². The molecule has 0 saturated heterocycles. The molecule has 0 amide bonds. The number of rotatable bonds is 0. The van der Waals surface area contributed by atoms with Gasteiger partial charge in [0.25, 0.3) is 0 Å². The molecule has 0 radical (unpaired) electrons. The van der Waals surface area contributed by atoms with E-state index in [-0.39, 0.29) is 5.78 Å². The fraction of sp³-hybridized carbons (Fsp3) is 0.0588. The third-order valence-electron chi connectivity index (χ3n) is 2.67. The molecule has 1 aliphatic rings. The van der Waals surface area contributed by atoms with Gasteiger partial charge in [-0.25, -0.2) is 4.79 Å². The van der Waals surface area contributed by atoms with Crippen LogP contribution in [0.4, 0.5) is 0 Å². The Morgan fingerprint density at radius 1 is 0.900 bits per heavy atom. The Morgan fingerprint density at radius 3 is 2.60 bits per heavy atom. The van der Waals surface area contributed by atoms with Crippen LogP contribution >= 0.6 is 0 Å². The fourth-order valence-corrected chi connectivity index (χ4v) is 1.69. The van der Waals surface area contributed by atoms with E-state index in [9.17, 15) is 9.59 Å². The first-order valence-corrected chi connectivity index (χ1v) is 6.26. The molecule has 100 valence electrons. The van der Waals surface area contributed by atoms with Crippen LogP contribution in [0, 0.1) is 0 Å².